The van der Waals surface area contributed by atoms with Crippen molar-refractivity contribution in [3.63, 3.8) is 0 Å². The molecule has 14 nitrogen and oxygen atoms in total. The zero-order valence-corrected chi connectivity index (χ0v) is 32.3. The van der Waals surface area contributed by atoms with Crippen LogP contribution in [0.5, 0.6) is 0 Å². The van der Waals surface area contributed by atoms with Gasteiger partial charge in [-0.1, -0.05) is 20.8 Å². The summed E-state index contributed by atoms with van der Waals surface area (Å²) in [6.07, 6.45) is -8.74. The number of likely N-dealkylation sites (N-methyl/N-ethyl adjacent to an activating group) is 1. The number of esters is 1. The Morgan fingerprint density at radius 1 is 0.960 bits per heavy atom. The van der Waals surface area contributed by atoms with Gasteiger partial charge in [0, 0.05) is 38.1 Å². The van der Waals surface area contributed by atoms with Gasteiger partial charge in [-0.2, -0.15) is 0 Å². The number of hydrogen-bond donors (Lipinski definition) is 6. The molecule has 3 saturated heterocycles. The van der Waals surface area contributed by atoms with Gasteiger partial charge in [0.05, 0.1) is 41.5 Å². The lowest BCUT2D eigenvalue weighted by atomic mass is 9.77. The first-order chi connectivity index (χ1) is 23.0. The number of nitrogens with zero attached hydrogens (tertiary/aromatic N) is 1. The number of nitrogens with two attached hydrogens (primary N) is 1. The molecule has 0 aromatic heterocycles. The number of hydrogen-bond acceptors (Lipinski definition) is 14. The predicted octanol–water partition coefficient (Wildman–Crippen LogP) is 1.30. The summed E-state index contributed by atoms with van der Waals surface area (Å²) in [5, 5.41) is 57.4. The quantitative estimate of drug-likeness (QED) is 0.214. The van der Waals surface area contributed by atoms with Crippen LogP contribution in [-0.4, -0.2) is 147 Å². The fraction of sp³-hybridized carbons (Fsp3) is 0.972. The molecule has 18 atom stereocenters. The smallest absolute Gasteiger partial charge is 0.311 e. The Balaban J connectivity index is 2.16. The van der Waals surface area contributed by atoms with Crippen LogP contribution < -0.4 is 5.73 Å². The Morgan fingerprint density at radius 2 is 1.58 bits per heavy atom. The van der Waals surface area contributed by atoms with Gasteiger partial charge in [0.15, 0.2) is 12.6 Å². The number of cyclic esters (lactones) is 1. The first-order valence-electron chi connectivity index (χ1n) is 18.3. The average molecular weight is 721 g/mol. The molecular formula is C36H68N2O12. The molecule has 0 radical (unpaired) electrons. The highest BCUT2D eigenvalue weighted by Gasteiger charge is 2.52. The molecule has 3 fully saturated rings. The van der Waals surface area contributed by atoms with Gasteiger partial charge in [-0.05, 0) is 80.7 Å². The maximum absolute atomic E-state index is 14.1. The Kier molecular flexibility index (Phi) is 14.7. The number of aliphatic hydroxyl groups excluding tert-OH is 3. The third kappa shape index (κ3) is 9.55. The van der Waals surface area contributed by atoms with Crippen molar-refractivity contribution in [2.75, 3.05) is 20.7 Å². The van der Waals surface area contributed by atoms with Crippen molar-refractivity contribution < 1.29 is 58.7 Å². The predicted molar refractivity (Wildman–Crippen MR) is 185 cm³/mol. The normalized spacial score (nSPS) is 51.0. The first-order valence-corrected chi connectivity index (χ1v) is 18.3. The zero-order chi connectivity index (χ0) is 38.1. The van der Waals surface area contributed by atoms with Crippen LogP contribution in [0.15, 0.2) is 0 Å². The van der Waals surface area contributed by atoms with Crippen LogP contribution in [0.25, 0.3) is 0 Å². The molecule has 9 unspecified atom stereocenters. The van der Waals surface area contributed by atoms with Crippen molar-refractivity contribution in [1.82, 2.24) is 4.90 Å². The molecule has 7 N–H and O–H groups in total. The van der Waals surface area contributed by atoms with Crippen LogP contribution in [0, 0.1) is 17.8 Å². The second-order valence-corrected chi connectivity index (χ2v) is 16.3. The van der Waals surface area contributed by atoms with Gasteiger partial charge in [0.1, 0.15) is 30.0 Å². The van der Waals surface area contributed by atoms with E-state index in [1.54, 1.807) is 48.5 Å². The molecule has 0 aromatic carbocycles. The van der Waals surface area contributed by atoms with E-state index in [9.17, 15) is 30.3 Å². The van der Waals surface area contributed by atoms with Crippen molar-refractivity contribution in [3.8, 4) is 0 Å². The third-order valence-corrected chi connectivity index (χ3v) is 11.6. The minimum Gasteiger partial charge on any atom is -0.459 e. The zero-order valence-electron chi connectivity index (χ0n) is 32.3. The van der Waals surface area contributed by atoms with Crippen LogP contribution in [-0.2, 0) is 33.2 Å². The van der Waals surface area contributed by atoms with E-state index in [1.165, 1.54) is 14.0 Å². The van der Waals surface area contributed by atoms with Crippen LogP contribution in [0.3, 0.4) is 0 Å². The van der Waals surface area contributed by atoms with Crippen molar-refractivity contribution in [1.29, 1.82) is 0 Å². The summed E-state index contributed by atoms with van der Waals surface area (Å²) in [4.78, 5) is 16.0. The Labute approximate surface area is 298 Å². The van der Waals surface area contributed by atoms with Gasteiger partial charge in [0.25, 0.3) is 0 Å². The van der Waals surface area contributed by atoms with E-state index in [2.05, 4.69) is 0 Å². The van der Waals surface area contributed by atoms with Gasteiger partial charge >= 0.3 is 5.97 Å². The maximum atomic E-state index is 14.1. The van der Waals surface area contributed by atoms with Crippen LogP contribution in [0.2, 0.25) is 0 Å². The van der Waals surface area contributed by atoms with Crippen molar-refractivity contribution >= 4 is 5.97 Å². The molecule has 0 bridgehead atoms. The van der Waals surface area contributed by atoms with Gasteiger partial charge in [-0.15, -0.1) is 0 Å². The summed E-state index contributed by atoms with van der Waals surface area (Å²) in [6, 6.07) is -1.17. The SMILES string of the molecule is CC[C@@H]1OC(=O)[C@H](C)[C@H](OC2CC(C)(OC)C(O)C(C)O2)[C@@H](C)[C@H](OC2OC(C)CC(N)C2O)[C@](C)(O)C[C@H](C)CN(C)[C@H](C)[C@@H](O)C1(C)O. The van der Waals surface area contributed by atoms with Crippen LogP contribution >= 0.6 is 0 Å². The lowest BCUT2D eigenvalue weighted by Gasteiger charge is -2.48. The summed E-state index contributed by atoms with van der Waals surface area (Å²) < 4.78 is 37.0. The minimum atomic E-state index is -1.80. The summed E-state index contributed by atoms with van der Waals surface area (Å²) in [7, 11) is 3.32. The third-order valence-electron chi connectivity index (χ3n) is 11.6. The molecule has 294 valence electrons. The summed E-state index contributed by atoms with van der Waals surface area (Å²) in [6.45, 7) is 17.8. The van der Waals surface area contributed by atoms with E-state index in [1.807, 2.05) is 25.8 Å². The van der Waals surface area contributed by atoms with Crippen molar-refractivity contribution in [2.45, 2.75) is 185 Å². The second kappa shape index (κ2) is 17.0. The number of methoxy groups -OCH3 is 1. The van der Waals surface area contributed by atoms with E-state index in [-0.39, 0.29) is 31.3 Å². The van der Waals surface area contributed by atoms with Crippen molar-refractivity contribution in [2.24, 2.45) is 23.5 Å². The minimum absolute atomic E-state index is 0.123. The molecule has 0 aromatic rings. The molecule has 0 aliphatic carbocycles. The van der Waals surface area contributed by atoms with Gasteiger partial charge in [0.2, 0.25) is 0 Å². The highest BCUT2D eigenvalue weighted by Crippen LogP contribution is 2.40. The largest absolute Gasteiger partial charge is 0.459 e. The standard InChI is InChI=1S/C36H68N2O12/c1-13-25-36(10,44)29(40)22(6)38(11)17-18(2)15-34(8,43)31(50-33-27(39)24(37)14-19(3)46-33)20(4)28(21(5)32(42)48-25)49-26-16-35(9,45-12)30(41)23(7)47-26/h18-31,33,39-41,43-44H,13-17,37H2,1-12H3/t18-,19?,20+,21+,22+,23?,24?,25-,26?,27?,28+,29+,30?,31-,33?,34+,35?,36?/m0/s1. The maximum Gasteiger partial charge on any atom is 0.311 e. The summed E-state index contributed by atoms with van der Waals surface area (Å²) in [5.74, 6) is -2.64. The molecule has 3 aliphatic rings. The molecule has 0 saturated carbocycles. The Morgan fingerprint density at radius 3 is 2.16 bits per heavy atom. The molecular weight excluding hydrogens is 652 g/mol. The summed E-state index contributed by atoms with van der Waals surface area (Å²) in [5.41, 5.74) is 1.86. The van der Waals surface area contributed by atoms with E-state index >= 15 is 0 Å². The van der Waals surface area contributed by atoms with E-state index in [0.717, 1.165) is 0 Å². The second-order valence-electron chi connectivity index (χ2n) is 16.3. The molecule has 0 amide bonds. The number of carbonyl (C=O) groups excluding carboxylic acids is 1. The molecule has 3 heterocycles. The fourth-order valence-corrected chi connectivity index (χ4v) is 8.28. The lowest BCUT2D eigenvalue weighted by molar-refractivity contribution is -0.315. The number of carbonyl (C=O) groups is 1. The number of aliphatic hydroxyl groups is 5. The monoisotopic (exact) mass is 720 g/mol. The molecule has 3 aliphatic heterocycles. The number of rotatable bonds is 6. The van der Waals surface area contributed by atoms with Gasteiger partial charge in [-0.25, -0.2) is 0 Å². The van der Waals surface area contributed by atoms with Crippen LogP contribution in [0.1, 0.15) is 94.9 Å². The van der Waals surface area contributed by atoms with E-state index in [4.69, 9.17) is 34.2 Å². The number of ether oxygens (including phenoxy) is 6. The Hall–Kier alpha value is -1.01. The first kappa shape index (κ1) is 43.4. The summed E-state index contributed by atoms with van der Waals surface area (Å²) >= 11 is 0. The highest BCUT2D eigenvalue weighted by atomic mass is 16.7. The molecule has 0 spiro atoms. The van der Waals surface area contributed by atoms with Gasteiger partial charge in [-0.3, -0.25) is 4.79 Å². The molecule has 14 heteroatoms. The van der Waals surface area contributed by atoms with Crippen LogP contribution in [0.4, 0.5) is 0 Å². The van der Waals surface area contributed by atoms with E-state index < -0.39 is 102 Å². The van der Waals surface area contributed by atoms with Crippen molar-refractivity contribution in [3.05, 3.63) is 0 Å². The highest BCUT2D eigenvalue weighted by molar-refractivity contribution is 5.73. The fourth-order valence-electron chi connectivity index (χ4n) is 8.28. The average Bonchev–Trinajstić information content (AvgIpc) is 3.03. The molecule has 3 rings (SSSR count). The molecule has 50 heavy (non-hydrogen) atoms. The lowest BCUT2D eigenvalue weighted by Crippen LogP contribution is -2.60. The van der Waals surface area contributed by atoms with Gasteiger partial charge < -0.3 is 64.6 Å². The topological polar surface area (TPSA) is 203 Å². The Bertz CT molecular complexity index is 1100. The van der Waals surface area contributed by atoms with E-state index in [0.29, 0.717) is 13.0 Å².